The van der Waals surface area contributed by atoms with Crippen molar-refractivity contribution in [1.29, 1.82) is 0 Å². The van der Waals surface area contributed by atoms with E-state index in [0.29, 0.717) is 24.8 Å². The maximum atomic E-state index is 11.1. The first-order valence-electron chi connectivity index (χ1n) is 11.1. The van der Waals surface area contributed by atoms with Crippen LogP contribution in [0.25, 0.3) is 0 Å². The van der Waals surface area contributed by atoms with Gasteiger partial charge in [0.05, 0.1) is 11.2 Å². The SMILES string of the molecule is CC(=CCCC(C)=CCc1cc(C(=O)O)ccc1O)CC=CC(C)(O)CCC=C(C)C(=O)O. The summed E-state index contributed by atoms with van der Waals surface area (Å²) < 4.78 is 0. The summed E-state index contributed by atoms with van der Waals surface area (Å²) in [5.74, 6) is -1.87. The number of benzene rings is 1. The molecule has 0 aliphatic carbocycles. The van der Waals surface area contributed by atoms with Crippen LogP contribution >= 0.6 is 0 Å². The lowest BCUT2D eigenvalue weighted by atomic mass is 9.97. The first-order chi connectivity index (χ1) is 15.4. The van der Waals surface area contributed by atoms with Gasteiger partial charge in [0.15, 0.2) is 0 Å². The maximum Gasteiger partial charge on any atom is 0.335 e. The van der Waals surface area contributed by atoms with Gasteiger partial charge in [0, 0.05) is 5.57 Å². The number of hydrogen-bond acceptors (Lipinski definition) is 4. The number of carboxylic acids is 2. The minimum atomic E-state index is -1.02. The summed E-state index contributed by atoms with van der Waals surface area (Å²) in [7, 11) is 0. The Labute approximate surface area is 196 Å². The van der Waals surface area contributed by atoms with E-state index < -0.39 is 17.5 Å². The normalized spacial score (nSPS) is 15.0. The molecule has 1 atom stereocenters. The van der Waals surface area contributed by atoms with Gasteiger partial charge in [-0.05, 0) is 90.0 Å². The third-order valence-electron chi connectivity index (χ3n) is 5.38. The van der Waals surface area contributed by atoms with Crippen molar-refractivity contribution in [3.63, 3.8) is 0 Å². The Morgan fingerprint density at radius 2 is 1.70 bits per heavy atom. The quantitative estimate of drug-likeness (QED) is 0.220. The van der Waals surface area contributed by atoms with E-state index in [1.165, 1.54) is 23.8 Å². The van der Waals surface area contributed by atoms with Gasteiger partial charge in [-0.25, -0.2) is 9.59 Å². The molecule has 0 saturated heterocycles. The Hall–Kier alpha value is -3.12. The molecule has 0 radical (unpaired) electrons. The molecule has 0 heterocycles. The van der Waals surface area contributed by atoms with Crippen molar-refractivity contribution in [2.24, 2.45) is 0 Å². The number of allylic oxidation sites excluding steroid dienone is 6. The first kappa shape index (κ1) is 27.9. The predicted molar refractivity (Wildman–Crippen MR) is 131 cm³/mol. The van der Waals surface area contributed by atoms with E-state index in [2.05, 4.69) is 6.08 Å². The molecule has 0 aromatic heterocycles. The average molecular weight is 457 g/mol. The van der Waals surface area contributed by atoms with Crippen LogP contribution in [-0.2, 0) is 11.2 Å². The topological polar surface area (TPSA) is 115 Å². The molecule has 0 aliphatic rings. The van der Waals surface area contributed by atoms with Crippen molar-refractivity contribution in [2.45, 2.75) is 71.8 Å². The molecule has 0 spiro atoms. The van der Waals surface area contributed by atoms with E-state index in [9.17, 15) is 19.8 Å². The number of aliphatic hydroxyl groups is 1. The van der Waals surface area contributed by atoms with E-state index in [1.807, 2.05) is 26.0 Å². The van der Waals surface area contributed by atoms with Crippen LogP contribution in [0.2, 0.25) is 0 Å². The van der Waals surface area contributed by atoms with Crippen molar-refractivity contribution in [3.05, 3.63) is 76.4 Å². The standard InChI is InChI=1S/C27H36O6/c1-19(10-6-16-27(4,33)17-7-11-21(3)25(29)30)8-5-9-20(2)12-13-22-18-23(26(31)32)14-15-24(22)28/h6,8,11-12,14-16,18,28,33H,5,7,9-10,13,17H2,1-4H3,(H,29,30)(H,31,32). The summed E-state index contributed by atoms with van der Waals surface area (Å²) in [5, 5.41) is 38.3. The summed E-state index contributed by atoms with van der Waals surface area (Å²) in [6.07, 6.45) is 13.3. The van der Waals surface area contributed by atoms with Crippen LogP contribution in [0.3, 0.4) is 0 Å². The molecule has 6 heteroatoms. The number of aliphatic carboxylic acids is 1. The zero-order chi connectivity index (χ0) is 25.0. The van der Waals surface area contributed by atoms with Crippen molar-refractivity contribution in [3.8, 4) is 5.75 Å². The molecule has 0 aliphatic heterocycles. The Kier molecular flexibility index (Phi) is 11.4. The van der Waals surface area contributed by atoms with Crippen LogP contribution in [0.15, 0.2) is 65.3 Å². The van der Waals surface area contributed by atoms with Crippen LogP contribution in [-0.4, -0.2) is 38.0 Å². The number of aromatic carboxylic acids is 1. The Balaban J connectivity index is 2.50. The zero-order valence-electron chi connectivity index (χ0n) is 20.0. The molecular formula is C27H36O6. The second-order valence-electron chi connectivity index (χ2n) is 8.69. The molecule has 0 bridgehead atoms. The first-order valence-corrected chi connectivity index (χ1v) is 11.1. The Morgan fingerprint density at radius 3 is 2.33 bits per heavy atom. The van der Waals surface area contributed by atoms with Gasteiger partial charge in [-0.15, -0.1) is 0 Å². The highest BCUT2D eigenvalue weighted by Gasteiger charge is 2.15. The molecule has 180 valence electrons. The predicted octanol–water partition coefficient (Wildman–Crippen LogP) is 5.81. The number of carbonyl (C=O) groups is 2. The second-order valence-corrected chi connectivity index (χ2v) is 8.69. The smallest absolute Gasteiger partial charge is 0.335 e. The highest BCUT2D eigenvalue weighted by atomic mass is 16.4. The molecule has 1 rings (SSSR count). The van der Waals surface area contributed by atoms with E-state index in [-0.39, 0.29) is 16.9 Å². The number of rotatable bonds is 13. The van der Waals surface area contributed by atoms with Gasteiger partial charge in [0.1, 0.15) is 5.75 Å². The number of hydrogen-bond donors (Lipinski definition) is 4. The number of aromatic hydroxyl groups is 1. The third kappa shape index (κ3) is 11.3. The van der Waals surface area contributed by atoms with E-state index >= 15 is 0 Å². The molecule has 1 aromatic carbocycles. The fraction of sp³-hybridized carbons (Fsp3) is 0.407. The van der Waals surface area contributed by atoms with Gasteiger partial charge in [0.2, 0.25) is 0 Å². The number of phenolic OH excluding ortho intramolecular Hbond substituents is 1. The second kappa shape index (κ2) is 13.4. The summed E-state index contributed by atoms with van der Waals surface area (Å²) in [4.78, 5) is 21.9. The summed E-state index contributed by atoms with van der Waals surface area (Å²) in [6, 6.07) is 4.29. The molecule has 0 amide bonds. The Bertz CT molecular complexity index is 947. The van der Waals surface area contributed by atoms with Crippen LogP contribution < -0.4 is 0 Å². The van der Waals surface area contributed by atoms with Crippen LogP contribution in [0.5, 0.6) is 5.75 Å². The summed E-state index contributed by atoms with van der Waals surface area (Å²) in [5.41, 5.74) is 2.38. The maximum absolute atomic E-state index is 11.1. The highest BCUT2D eigenvalue weighted by molar-refractivity contribution is 5.88. The van der Waals surface area contributed by atoms with Gasteiger partial charge in [-0.2, -0.15) is 0 Å². The molecule has 0 saturated carbocycles. The zero-order valence-corrected chi connectivity index (χ0v) is 20.0. The molecule has 1 unspecified atom stereocenters. The highest BCUT2D eigenvalue weighted by Crippen LogP contribution is 2.21. The van der Waals surface area contributed by atoms with Gasteiger partial charge in [-0.3, -0.25) is 0 Å². The van der Waals surface area contributed by atoms with Crippen molar-refractivity contribution in [1.82, 2.24) is 0 Å². The number of phenols is 1. The minimum Gasteiger partial charge on any atom is -0.508 e. The lowest BCUT2D eigenvalue weighted by Crippen LogP contribution is -2.20. The summed E-state index contributed by atoms with van der Waals surface area (Å²) >= 11 is 0. The lowest BCUT2D eigenvalue weighted by Gasteiger charge is -2.17. The fourth-order valence-corrected chi connectivity index (χ4v) is 3.15. The molecule has 33 heavy (non-hydrogen) atoms. The van der Waals surface area contributed by atoms with Crippen LogP contribution in [0.4, 0.5) is 0 Å². The van der Waals surface area contributed by atoms with Crippen LogP contribution in [0.1, 0.15) is 75.7 Å². The summed E-state index contributed by atoms with van der Waals surface area (Å²) in [6.45, 7) is 7.30. The molecular weight excluding hydrogens is 420 g/mol. The molecule has 6 nitrogen and oxygen atoms in total. The van der Waals surface area contributed by atoms with Gasteiger partial charge < -0.3 is 20.4 Å². The largest absolute Gasteiger partial charge is 0.508 e. The lowest BCUT2D eigenvalue weighted by molar-refractivity contribution is -0.132. The van der Waals surface area contributed by atoms with Crippen molar-refractivity contribution in [2.75, 3.05) is 0 Å². The fourth-order valence-electron chi connectivity index (χ4n) is 3.15. The van der Waals surface area contributed by atoms with Crippen molar-refractivity contribution >= 4 is 11.9 Å². The van der Waals surface area contributed by atoms with E-state index in [0.717, 1.165) is 24.8 Å². The molecule has 0 fully saturated rings. The van der Waals surface area contributed by atoms with Gasteiger partial charge >= 0.3 is 11.9 Å². The van der Waals surface area contributed by atoms with Crippen molar-refractivity contribution < 1.29 is 30.0 Å². The minimum absolute atomic E-state index is 0.0931. The van der Waals surface area contributed by atoms with E-state index in [1.54, 1.807) is 26.0 Å². The average Bonchev–Trinajstić information content (AvgIpc) is 2.72. The number of carboxylic acid groups (broad SMARTS) is 2. The van der Waals surface area contributed by atoms with Gasteiger partial charge in [0.25, 0.3) is 0 Å². The van der Waals surface area contributed by atoms with Gasteiger partial charge in [-0.1, -0.05) is 41.5 Å². The third-order valence-corrected chi connectivity index (χ3v) is 5.38. The molecule has 1 aromatic rings. The monoisotopic (exact) mass is 456 g/mol. The van der Waals surface area contributed by atoms with E-state index in [4.69, 9.17) is 10.2 Å². The molecule has 4 N–H and O–H groups in total. The van der Waals surface area contributed by atoms with Crippen LogP contribution in [0, 0.1) is 0 Å². The Morgan fingerprint density at radius 1 is 1.00 bits per heavy atom.